The van der Waals surface area contributed by atoms with Crippen molar-refractivity contribution >= 4 is 34.5 Å². The fourth-order valence-electron chi connectivity index (χ4n) is 2.09. The van der Waals surface area contributed by atoms with E-state index in [9.17, 15) is 9.59 Å². The molecule has 7 heteroatoms. The summed E-state index contributed by atoms with van der Waals surface area (Å²) in [6.45, 7) is 0.530. The Kier molecular flexibility index (Phi) is 4.70. The molecule has 6 nitrogen and oxygen atoms in total. The molecule has 0 atom stereocenters. The molecular weight excluding hydrogens is 294 g/mol. The molecule has 3 N–H and O–H groups in total. The van der Waals surface area contributed by atoms with Crippen molar-refractivity contribution < 1.29 is 14.3 Å². The average molecular weight is 310 g/mol. The summed E-state index contributed by atoms with van der Waals surface area (Å²) in [6.07, 6.45) is 0.482. The second kappa shape index (κ2) is 6.49. The van der Waals surface area contributed by atoms with Crippen molar-refractivity contribution in [3.63, 3.8) is 0 Å². The number of esters is 1. The predicted octanol–water partition coefficient (Wildman–Crippen LogP) is 2.05. The highest BCUT2D eigenvalue weighted by Gasteiger charge is 2.20. The normalized spacial score (nSPS) is 10.6. The maximum Gasteiger partial charge on any atom is 0.356 e. The van der Waals surface area contributed by atoms with Gasteiger partial charge in [0.2, 0.25) is 0 Å². The van der Waals surface area contributed by atoms with E-state index in [4.69, 9.17) is 22.1 Å². The number of amides is 2. The fraction of sp³-hybridized carbons (Fsp3) is 0.286. The molecule has 0 bridgehead atoms. The highest BCUT2D eigenvalue weighted by atomic mass is 35.5. The molecule has 0 saturated carbocycles. The number of primary amides is 1. The van der Waals surface area contributed by atoms with Crippen LogP contribution in [-0.4, -0.2) is 29.7 Å². The molecule has 0 aliphatic rings. The second-order valence-corrected chi connectivity index (χ2v) is 4.90. The van der Waals surface area contributed by atoms with Gasteiger partial charge in [0.25, 0.3) is 0 Å². The SMILES string of the molecule is Cn1c(C(=O)OCCCNC(N)=O)c(Cl)c2ccccc21. The number of hydrogen-bond donors (Lipinski definition) is 2. The summed E-state index contributed by atoms with van der Waals surface area (Å²) in [6, 6.07) is 6.88. The molecule has 21 heavy (non-hydrogen) atoms. The molecule has 1 aromatic heterocycles. The fourth-order valence-corrected chi connectivity index (χ4v) is 2.45. The Bertz CT molecular complexity index is 642. The number of para-hydroxylation sites is 1. The second-order valence-electron chi connectivity index (χ2n) is 4.52. The number of fused-ring (bicyclic) bond motifs is 1. The van der Waals surface area contributed by atoms with Crippen LogP contribution in [0.5, 0.6) is 0 Å². The van der Waals surface area contributed by atoms with E-state index < -0.39 is 12.0 Å². The molecule has 0 saturated heterocycles. The summed E-state index contributed by atoms with van der Waals surface area (Å²) in [7, 11) is 1.76. The summed E-state index contributed by atoms with van der Waals surface area (Å²) >= 11 is 6.24. The first kappa shape index (κ1) is 15.2. The summed E-state index contributed by atoms with van der Waals surface area (Å²) in [4.78, 5) is 22.6. The van der Waals surface area contributed by atoms with Crippen molar-refractivity contribution in [2.75, 3.05) is 13.2 Å². The van der Waals surface area contributed by atoms with Gasteiger partial charge >= 0.3 is 12.0 Å². The monoisotopic (exact) mass is 309 g/mol. The zero-order valence-electron chi connectivity index (χ0n) is 11.6. The molecule has 2 amide bonds. The minimum atomic E-state index is -0.599. The average Bonchev–Trinajstić information content (AvgIpc) is 2.71. The Morgan fingerprint density at radius 1 is 1.38 bits per heavy atom. The first-order chi connectivity index (χ1) is 10.0. The highest BCUT2D eigenvalue weighted by molar-refractivity contribution is 6.38. The van der Waals surface area contributed by atoms with Gasteiger partial charge < -0.3 is 20.4 Å². The van der Waals surface area contributed by atoms with Gasteiger partial charge in [-0.1, -0.05) is 29.8 Å². The van der Waals surface area contributed by atoms with Crippen LogP contribution in [0, 0.1) is 0 Å². The Balaban J connectivity index is 2.04. The Labute approximate surface area is 126 Å². The largest absolute Gasteiger partial charge is 0.461 e. The maximum absolute atomic E-state index is 12.1. The Hall–Kier alpha value is -2.21. The van der Waals surface area contributed by atoms with Crippen molar-refractivity contribution in [3.05, 3.63) is 35.0 Å². The number of benzene rings is 1. The number of carbonyl (C=O) groups is 2. The standard InChI is InChI=1S/C14H16ClN3O3/c1-18-10-6-3-2-5-9(10)11(15)12(18)13(19)21-8-4-7-17-14(16)20/h2-3,5-6H,4,7-8H2,1H3,(H3,16,17,20). The molecule has 2 rings (SSSR count). The van der Waals surface area contributed by atoms with Crippen molar-refractivity contribution in [3.8, 4) is 0 Å². The van der Waals surface area contributed by atoms with Gasteiger partial charge in [-0.3, -0.25) is 0 Å². The lowest BCUT2D eigenvalue weighted by molar-refractivity contribution is 0.0491. The molecule has 0 radical (unpaired) electrons. The number of aromatic nitrogens is 1. The van der Waals surface area contributed by atoms with E-state index in [-0.39, 0.29) is 6.61 Å². The van der Waals surface area contributed by atoms with E-state index in [1.165, 1.54) is 0 Å². The van der Waals surface area contributed by atoms with Gasteiger partial charge in [0, 0.05) is 24.5 Å². The number of nitrogens with two attached hydrogens (primary N) is 1. The third-order valence-electron chi connectivity index (χ3n) is 3.09. The number of carbonyl (C=O) groups excluding carboxylic acids is 2. The van der Waals surface area contributed by atoms with Crippen LogP contribution in [0.25, 0.3) is 10.9 Å². The van der Waals surface area contributed by atoms with Crippen LogP contribution < -0.4 is 11.1 Å². The quantitative estimate of drug-likeness (QED) is 0.654. The van der Waals surface area contributed by atoms with E-state index >= 15 is 0 Å². The van der Waals surface area contributed by atoms with Crippen LogP contribution >= 0.6 is 11.6 Å². The van der Waals surface area contributed by atoms with Gasteiger partial charge in [-0.15, -0.1) is 0 Å². The minimum absolute atomic E-state index is 0.178. The zero-order chi connectivity index (χ0) is 15.4. The molecule has 0 unspecified atom stereocenters. The number of aryl methyl sites for hydroxylation is 1. The van der Waals surface area contributed by atoms with Gasteiger partial charge in [0.1, 0.15) is 5.69 Å². The molecule has 1 heterocycles. The Morgan fingerprint density at radius 3 is 2.76 bits per heavy atom. The summed E-state index contributed by atoms with van der Waals surface area (Å²) in [5.74, 6) is -0.488. The first-order valence-electron chi connectivity index (χ1n) is 6.45. The van der Waals surface area contributed by atoms with E-state index in [2.05, 4.69) is 5.32 Å². The zero-order valence-corrected chi connectivity index (χ0v) is 12.3. The predicted molar refractivity (Wildman–Crippen MR) is 80.4 cm³/mol. The first-order valence-corrected chi connectivity index (χ1v) is 6.83. The molecule has 112 valence electrons. The number of nitrogens with one attached hydrogen (secondary N) is 1. The number of rotatable bonds is 5. The topological polar surface area (TPSA) is 86.3 Å². The lowest BCUT2D eigenvalue weighted by atomic mass is 10.2. The molecule has 0 spiro atoms. The van der Waals surface area contributed by atoms with E-state index in [0.29, 0.717) is 23.7 Å². The van der Waals surface area contributed by atoms with Crippen LogP contribution in [0.2, 0.25) is 5.02 Å². The van der Waals surface area contributed by atoms with Gasteiger partial charge in [0.15, 0.2) is 0 Å². The third-order valence-corrected chi connectivity index (χ3v) is 3.47. The van der Waals surface area contributed by atoms with Gasteiger partial charge in [-0.25, -0.2) is 9.59 Å². The van der Waals surface area contributed by atoms with Crippen molar-refractivity contribution in [1.82, 2.24) is 9.88 Å². The minimum Gasteiger partial charge on any atom is -0.461 e. The molecule has 0 aliphatic heterocycles. The van der Waals surface area contributed by atoms with Crippen LogP contribution in [0.4, 0.5) is 4.79 Å². The van der Waals surface area contributed by atoms with E-state index in [1.807, 2.05) is 24.3 Å². The summed E-state index contributed by atoms with van der Waals surface area (Å²) in [5, 5.41) is 3.61. The number of hydrogen-bond acceptors (Lipinski definition) is 3. The number of nitrogens with zero attached hydrogens (tertiary/aromatic N) is 1. The molecular formula is C14H16ClN3O3. The van der Waals surface area contributed by atoms with Crippen LogP contribution in [0.15, 0.2) is 24.3 Å². The van der Waals surface area contributed by atoms with Crippen LogP contribution in [0.3, 0.4) is 0 Å². The molecule has 0 aliphatic carbocycles. The maximum atomic E-state index is 12.1. The van der Waals surface area contributed by atoms with Crippen molar-refractivity contribution in [1.29, 1.82) is 0 Å². The van der Waals surface area contributed by atoms with Gasteiger partial charge in [-0.2, -0.15) is 0 Å². The molecule has 1 aromatic carbocycles. The summed E-state index contributed by atoms with van der Waals surface area (Å²) in [5.41, 5.74) is 6.12. The van der Waals surface area contributed by atoms with E-state index in [1.54, 1.807) is 11.6 Å². The van der Waals surface area contributed by atoms with Crippen molar-refractivity contribution in [2.24, 2.45) is 12.8 Å². The molecule has 2 aromatic rings. The van der Waals surface area contributed by atoms with Gasteiger partial charge in [-0.05, 0) is 12.5 Å². The number of urea groups is 1. The summed E-state index contributed by atoms with van der Waals surface area (Å²) < 4.78 is 6.87. The number of halogens is 1. The van der Waals surface area contributed by atoms with E-state index in [0.717, 1.165) is 10.9 Å². The number of ether oxygens (including phenoxy) is 1. The smallest absolute Gasteiger partial charge is 0.356 e. The Morgan fingerprint density at radius 2 is 2.10 bits per heavy atom. The van der Waals surface area contributed by atoms with Gasteiger partial charge in [0.05, 0.1) is 11.6 Å². The molecule has 0 fully saturated rings. The van der Waals surface area contributed by atoms with Crippen LogP contribution in [-0.2, 0) is 11.8 Å². The van der Waals surface area contributed by atoms with Crippen molar-refractivity contribution in [2.45, 2.75) is 6.42 Å². The highest BCUT2D eigenvalue weighted by Crippen LogP contribution is 2.30. The third kappa shape index (κ3) is 3.28. The lowest BCUT2D eigenvalue weighted by Crippen LogP contribution is -2.30. The lowest BCUT2D eigenvalue weighted by Gasteiger charge is -2.06. The van der Waals surface area contributed by atoms with Crippen LogP contribution in [0.1, 0.15) is 16.9 Å².